The van der Waals surface area contributed by atoms with E-state index >= 15 is 0 Å². The van der Waals surface area contributed by atoms with Crippen molar-refractivity contribution in [2.75, 3.05) is 6.61 Å². The van der Waals surface area contributed by atoms with Crippen LogP contribution >= 0.6 is 0 Å². The van der Waals surface area contributed by atoms with Gasteiger partial charge in [-0.1, -0.05) is 30.3 Å². The quantitative estimate of drug-likeness (QED) is 0.125. The van der Waals surface area contributed by atoms with Gasteiger partial charge in [0.05, 0.1) is 19.1 Å². The summed E-state index contributed by atoms with van der Waals surface area (Å²) in [5.74, 6) is -7.22. The molecule has 192 valence electrons. The highest BCUT2D eigenvalue weighted by Crippen LogP contribution is 2.06. The van der Waals surface area contributed by atoms with Gasteiger partial charge in [-0.05, 0) is 12.0 Å². The molecule has 1 aromatic rings. The lowest BCUT2D eigenvalue weighted by atomic mass is 10.0. The first-order valence-electron chi connectivity index (χ1n) is 10.4. The zero-order valence-electron chi connectivity index (χ0n) is 18.5. The maximum atomic E-state index is 13.0. The van der Waals surface area contributed by atoms with Crippen molar-refractivity contribution in [3.8, 4) is 0 Å². The molecule has 3 amide bonds. The number of carboxylic acids is 3. The Morgan fingerprint density at radius 1 is 0.771 bits per heavy atom. The summed E-state index contributed by atoms with van der Waals surface area (Å²) in [5, 5.41) is 42.4. The lowest BCUT2D eigenvalue weighted by Gasteiger charge is -2.24. The Balaban J connectivity index is 3.07. The molecule has 35 heavy (non-hydrogen) atoms. The fraction of sp³-hybridized carbons (Fsp3) is 0.429. The SMILES string of the molecule is N[C@@H](CCC(=O)O)C(=O)N[C@@H](Cc1ccccc1)C(=O)N[C@@H](CC(=O)O)C(=O)N[C@@H](CO)C(=O)O. The summed E-state index contributed by atoms with van der Waals surface area (Å²) in [7, 11) is 0. The number of hydrogen-bond acceptors (Lipinski definition) is 8. The lowest BCUT2D eigenvalue weighted by molar-refractivity contribution is -0.144. The number of nitrogens with one attached hydrogen (secondary N) is 3. The number of aliphatic carboxylic acids is 3. The third-order valence-corrected chi connectivity index (χ3v) is 4.73. The minimum absolute atomic E-state index is 0.0835. The summed E-state index contributed by atoms with van der Waals surface area (Å²) in [6, 6.07) is 2.31. The van der Waals surface area contributed by atoms with Crippen LogP contribution in [0.3, 0.4) is 0 Å². The molecule has 0 spiro atoms. The number of amides is 3. The number of aliphatic hydroxyl groups is 1. The van der Waals surface area contributed by atoms with Crippen LogP contribution in [-0.4, -0.2) is 86.8 Å². The maximum Gasteiger partial charge on any atom is 0.328 e. The molecule has 1 rings (SSSR count). The molecule has 0 saturated carbocycles. The molecule has 0 aliphatic heterocycles. The molecule has 4 atom stereocenters. The second kappa shape index (κ2) is 14.3. The number of carboxylic acid groups (broad SMARTS) is 3. The Kier molecular flexibility index (Phi) is 11.8. The first-order chi connectivity index (χ1) is 16.4. The zero-order valence-corrected chi connectivity index (χ0v) is 18.5. The molecule has 0 unspecified atom stereocenters. The van der Waals surface area contributed by atoms with Crippen LogP contribution < -0.4 is 21.7 Å². The number of carbonyl (C=O) groups is 6. The molecule has 0 radical (unpaired) electrons. The van der Waals surface area contributed by atoms with Crippen LogP contribution in [0.15, 0.2) is 30.3 Å². The first kappa shape index (κ1) is 29.0. The number of nitrogens with two attached hydrogens (primary N) is 1. The largest absolute Gasteiger partial charge is 0.481 e. The average Bonchev–Trinajstić information content (AvgIpc) is 2.79. The predicted octanol–water partition coefficient (Wildman–Crippen LogP) is -2.57. The smallest absolute Gasteiger partial charge is 0.328 e. The van der Waals surface area contributed by atoms with Crippen LogP contribution in [0.25, 0.3) is 0 Å². The molecule has 0 aliphatic rings. The van der Waals surface area contributed by atoms with E-state index in [9.17, 15) is 28.8 Å². The van der Waals surface area contributed by atoms with Crippen molar-refractivity contribution in [2.45, 2.75) is 49.9 Å². The summed E-state index contributed by atoms with van der Waals surface area (Å²) in [4.78, 5) is 70.8. The minimum atomic E-state index is -1.73. The van der Waals surface area contributed by atoms with Crippen LogP contribution in [0.1, 0.15) is 24.8 Å². The highest BCUT2D eigenvalue weighted by molar-refractivity contribution is 5.95. The zero-order chi connectivity index (χ0) is 26.5. The molecular weight excluding hydrogens is 468 g/mol. The number of aliphatic hydroxyl groups excluding tert-OH is 1. The third-order valence-electron chi connectivity index (χ3n) is 4.73. The molecule has 14 nitrogen and oxygen atoms in total. The maximum absolute atomic E-state index is 13.0. The van der Waals surface area contributed by atoms with Crippen LogP contribution in [0, 0.1) is 0 Å². The van der Waals surface area contributed by atoms with E-state index in [0.29, 0.717) is 5.56 Å². The number of benzene rings is 1. The molecule has 0 bridgehead atoms. The van der Waals surface area contributed by atoms with E-state index in [0.717, 1.165) is 0 Å². The molecule has 14 heteroatoms. The number of rotatable bonds is 15. The second-order valence-electron chi connectivity index (χ2n) is 7.53. The van der Waals surface area contributed by atoms with Gasteiger partial charge in [-0.15, -0.1) is 0 Å². The van der Waals surface area contributed by atoms with Gasteiger partial charge in [0, 0.05) is 12.8 Å². The molecule has 0 aromatic heterocycles. The third kappa shape index (κ3) is 10.6. The first-order valence-corrected chi connectivity index (χ1v) is 10.4. The Morgan fingerprint density at radius 2 is 1.31 bits per heavy atom. The van der Waals surface area contributed by atoms with Gasteiger partial charge in [-0.2, -0.15) is 0 Å². The summed E-state index contributed by atoms with van der Waals surface area (Å²) < 4.78 is 0. The Labute approximate surface area is 199 Å². The Hall–Kier alpha value is -4.04. The normalized spacial score (nSPS) is 14.0. The molecule has 0 saturated heterocycles. The van der Waals surface area contributed by atoms with E-state index < -0.39 is 72.8 Å². The van der Waals surface area contributed by atoms with Gasteiger partial charge in [0.2, 0.25) is 17.7 Å². The molecule has 0 fully saturated rings. The van der Waals surface area contributed by atoms with Gasteiger partial charge in [0.15, 0.2) is 0 Å². The van der Waals surface area contributed by atoms with Crippen molar-refractivity contribution in [3.05, 3.63) is 35.9 Å². The van der Waals surface area contributed by atoms with Crippen molar-refractivity contribution in [1.82, 2.24) is 16.0 Å². The highest BCUT2D eigenvalue weighted by atomic mass is 16.4. The second-order valence-corrected chi connectivity index (χ2v) is 7.53. The molecule has 0 aliphatic carbocycles. The van der Waals surface area contributed by atoms with Crippen molar-refractivity contribution in [2.24, 2.45) is 5.73 Å². The van der Waals surface area contributed by atoms with Crippen LogP contribution in [0.4, 0.5) is 0 Å². The van der Waals surface area contributed by atoms with Crippen molar-refractivity contribution in [1.29, 1.82) is 0 Å². The highest BCUT2D eigenvalue weighted by Gasteiger charge is 2.31. The summed E-state index contributed by atoms with van der Waals surface area (Å²) in [6.07, 6.45) is -1.59. The van der Waals surface area contributed by atoms with Gasteiger partial charge in [0.25, 0.3) is 0 Å². The monoisotopic (exact) mass is 496 g/mol. The van der Waals surface area contributed by atoms with E-state index in [1.807, 2.05) is 5.32 Å². The van der Waals surface area contributed by atoms with Gasteiger partial charge in [-0.25, -0.2) is 4.79 Å². The van der Waals surface area contributed by atoms with Gasteiger partial charge in [0.1, 0.15) is 18.1 Å². The van der Waals surface area contributed by atoms with E-state index in [2.05, 4.69) is 10.6 Å². The van der Waals surface area contributed by atoms with E-state index in [4.69, 9.17) is 26.2 Å². The summed E-state index contributed by atoms with van der Waals surface area (Å²) in [5.41, 5.74) is 6.29. The summed E-state index contributed by atoms with van der Waals surface area (Å²) in [6.45, 7) is -0.976. The van der Waals surface area contributed by atoms with Crippen LogP contribution in [0.5, 0.6) is 0 Å². The van der Waals surface area contributed by atoms with Crippen molar-refractivity contribution >= 4 is 35.6 Å². The molecule has 1 aromatic carbocycles. The molecule has 0 heterocycles. The van der Waals surface area contributed by atoms with Crippen molar-refractivity contribution < 1.29 is 49.2 Å². The Bertz CT molecular complexity index is 924. The number of hydrogen-bond donors (Lipinski definition) is 8. The Morgan fingerprint density at radius 3 is 1.83 bits per heavy atom. The van der Waals surface area contributed by atoms with E-state index in [-0.39, 0.29) is 19.3 Å². The van der Waals surface area contributed by atoms with Gasteiger partial charge >= 0.3 is 17.9 Å². The fourth-order valence-corrected chi connectivity index (χ4v) is 2.86. The topological polar surface area (TPSA) is 245 Å². The average molecular weight is 496 g/mol. The number of carbonyl (C=O) groups excluding carboxylic acids is 3. The lowest BCUT2D eigenvalue weighted by Crippen LogP contribution is -2.58. The standard InChI is InChI=1S/C21H28N4O10/c22-12(6-7-16(27)28)18(31)23-13(8-11-4-2-1-3-5-11)19(32)24-14(9-17(29)30)20(33)25-15(10-26)21(34)35/h1-5,12-15,26H,6-10,22H2,(H,23,31)(H,24,32)(H,25,33)(H,27,28)(H,29,30)(H,34,35)/t12-,13-,14-,15-/m0/s1. The minimum Gasteiger partial charge on any atom is -0.481 e. The van der Waals surface area contributed by atoms with E-state index in [1.165, 1.54) is 0 Å². The van der Waals surface area contributed by atoms with Gasteiger partial charge < -0.3 is 42.1 Å². The van der Waals surface area contributed by atoms with Crippen LogP contribution in [-0.2, 0) is 35.2 Å². The van der Waals surface area contributed by atoms with Crippen molar-refractivity contribution in [3.63, 3.8) is 0 Å². The summed E-state index contributed by atoms with van der Waals surface area (Å²) >= 11 is 0. The molecular formula is C21H28N4O10. The van der Waals surface area contributed by atoms with Crippen LogP contribution in [0.2, 0.25) is 0 Å². The van der Waals surface area contributed by atoms with Gasteiger partial charge in [-0.3, -0.25) is 24.0 Å². The van der Waals surface area contributed by atoms with E-state index in [1.54, 1.807) is 30.3 Å². The molecule has 9 N–H and O–H groups in total. The fourth-order valence-electron chi connectivity index (χ4n) is 2.86. The predicted molar refractivity (Wildman–Crippen MR) is 118 cm³/mol.